The summed E-state index contributed by atoms with van der Waals surface area (Å²) in [7, 11) is 1.29. The van der Waals surface area contributed by atoms with E-state index in [0.29, 0.717) is 20.7 Å². The zero-order valence-corrected chi connectivity index (χ0v) is 18.1. The van der Waals surface area contributed by atoms with Crippen molar-refractivity contribution in [1.82, 2.24) is 9.55 Å². The van der Waals surface area contributed by atoms with Crippen molar-refractivity contribution in [2.24, 2.45) is 0 Å². The summed E-state index contributed by atoms with van der Waals surface area (Å²) in [6.07, 6.45) is 1.35. The number of rotatable bonds is 4. The van der Waals surface area contributed by atoms with Crippen LogP contribution in [0.2, 0.25) is 0 Å². The van der Waals surface area contributed by atoms with Crippen LogP contribution in [-0.2, 0) is 9.53 Å². The number of carbonyl (C=O) groups excluding carboxylic acids is 2. The molecule has 0 spiro atoms. The minimum absolute atomic E-state index is 0.315. The van der Waals surface area contributed by atoms with Gasteiger partial charge in [0.1, 0.15) is 15.7 Å². The fourth-order valence-electron chi connectivity index (χ4n) is 3.43. The number of ether oxygens (including phenoxy) is 1. The first-order valence-electron chi connectivity index (χ1n) is 9.13. The van der Waals surface area contributed by atoms with E-state index in [9.17, 15) is 14.4 Å². The van der Waals surface area contributed by atoms with Crippen LogP contribution in [0.3, 0.4) is 0 Å². The molecule has 0 unspecified atom stereocenters. The number of methoxy groups -OCH3 is 1. The number of benzene rings is 1. The fourth-order valence-corrected chi connectivity index (χ4v) is 4.49. The number of esters is 1. The summed E-state index contributed by atoms with van der Waals surface area (Å²) in [4.78, 5) is 42.9. The molecule has 1 atom stereocenters. The molecule has 29 heavy (non-hydrogen) atoms. The van der Waals surface area contributed by atoms with Gasteiger partial charge in [-0.3, -0.25) is 14.2 Å². The van der Waals surface area contributed by atoms with Gasteiger partial charge in [-0.25, -0.2) is 9.78 Å². The first-order valence-corrected chi connectivity index (χ1v) is 9.94. The van der Waals surface area contributed by atoms with Gasteiger partial charge in [-0.15, -0.1) is 11.3 Å². The average molecular weight is 413 g/mol. The highest BCUT2D eigenvalue weighted by molar-refractivity contribution is 7.20. The predicted molar refractivity (Wildman–Crippen MR) is 114 cm³/mol. The van der Waals surface area contributed by atoms with Gasteiger partial charge in [-0.05, 0) is 51.3 Å². The molecule has 0 saturated carbocycles. The summed E-state index contributed by atoms with van der Waals surface area (Å²) in [5.74, 6) is -0.822. The Balaban J connectivity index is 1.99. The third kappa shape index (κ3) is 3.67. The second-order valence-corrected chi connectivity index (χ2v) is 8.12. The molecule has 3 rings (SSSR count). The molecule has 1 amide bonds. The molecule has 2 heterocycles. The quantitative estimate of drug-likeness (QED) is 0.659. The second kappa shape index (κ2) is 7.79. The van der Waals surface area contributed by atoms with Crippen LogP contribution in [0.25, 0.3) is 10.2 Å². The van der Waals surface area contributed by atoms with E-state index in [2.05, 4.69) is 10.3 Å². The van der Waals surface area contributed by atoms with Gasteiger partial charge >= 0.3 is 5.97 Å². The number of nitrogens with one attached hydrogen (secondary N) is 1. The van der Waals surface area contributed by atoms with E-state index in [-0.39, 0.29) is 11.5 Å². The molecule has 3 aromatic rings. The summed E-state index contributed by atoms with van der Waals surface area (Å²) in [6.45, 7) is 9.20. The van der Waals surface area contributed by atoms with Crippen molar-refractivity contribution in [2.75, 3.05) is 12.4 Å². The number of carbonyl (C=O) groups is 2. The summed E-state index contributed by atoms with van der Waals surface area (Å²) >= 11 is 1.11. The molecule has 152 valence electrons. The van der Waals surface area contributed by atoms with E-state index in [1.165, 1.54) is 18.0 Å². The minimum Gasteiger partial charge on any atom is -0.465 e. The molecule has 7 nitrogen and oxygen atoms in total. The van der Waals surface area contributed by atoms with E-state index < -0.39 is 12.0 Å². The van der Waals surface area contributed by atoms with Crippen molar-refractivity contribution in [3.8, 4) is 0 Å². The minimum atomic E-state index is -0.777. The van der Waals surface area contributed by atoms with Crippen LogP contribution in [0.1, 0.15) is 44.9 Å². The molecule has 0 radical (unpaired) electrons. The molecule has 0 aliphatic heterocycles. The third-order valence-corrected chi connectivity index (χ3v) is 6.15. The highest BCUT2D eigenvalue weighted by Crippen LogP contribution is 2.28. The Morgan fingerprint density at radius 3 is 2.38 bits per heavy atom. The lowest BCUT2D eigenvalue weighted by atomic mass is 10.0. The SMILES string of the molecule is COC(=O)c1sc2ncn([C@H](C)C(=O)Nc3c(C)cc(C)cc3C)c(=O)c2c1C. The van der Waals surface area contributed by atoms with Crippen molar-refractivity contribution in [1.29, 1.82) is 0 Å². The fraction of sp³-hybridized carbons (Fsp3) is 0.333. The first kappa shape index (κ1) is 20.7. The number of aromatic nitrogens is 2. The summed E-state index contributed by atoms with van der Waals surface area (Å²) in [5.41, 5.74) is 3.93. The number of fused-ring (bicyclic) bond motifs is 1. The Labute approximate surface area is 172 Å². The van der Waals surface area contributed by atoms with Crippen molar-refractivity contribution in [3.63, 3.8) is 0 Å². The van der Waals surface area contributed by atoms with Gasteiger partial charge in [0.2, 0.25) is 5.91 Å². The van der Waals surface area contributed by atoms with Gasteiger partial charge in [0.25, 0.3) is 5.56 Å². The monoisotopic (exact) mass is 413 g/mol. The maximum atomic E-state index is 13.0. The van der Waals surface area contributed by atoms with Crippen LogP contribution < -0.4 is 10.9 Å². The standard InChI is InChI=1S/C21H23N3O4S/c1-10-7-11(2)16(12(3)8-10)23-18(25)14(5)24-9-22-19-15(20(24)26)13(4)17(29-19)21(27)28-6/h7-9,14H,1-6H3,(H,23,25)/t14-/m1/s1. The maximum absolute atomic E-state index is 13.0. The van der Waals surface area contributed by atoms with Crippen molar-refractivity contribution in [3.05, 3.63) is 55.9 Å². The number of thiophene rings is 1. The lowest BCUT2D eigenvalue weighted by Crippen LogP contribution is -2.32. The highest BCUT2D eigenvalue weighted by Gasteiger charge is 2.23. The molecule has 2 aromatic heterocycles. The second-order valence-electron chi connectivity index (χ2n) is 7.12. The van der Waals surface area contributed by atoms with E-state index >= 15 is 0 Å². The topological polar surface area (TPSA) is 90.3 Å². The summed E-state index contributed by atoms with van der Waals surface area (Å²) < 4.78 is 6.06. The van der Waals surface area contributed by atoms with E-state index in [1.54, 1.807) is 13.8 Å². The van der Waals surface area contributed by atoms with Crippen LogP contribution in [0.15, 0.2) is 23.3 Å². The molecule has 0 saturated heterocycles. The molecule has 0 fully saturated rings. The molecule has 0 aliphatic carbocycles. The Bertz CT molecular complexity index is 1170. The Morgan fingerprint density at radius 2 is 1.79 bits per heavy atom. The van der Waals surface area contributed by atoms with Gasteiger partial charge in [-0.2, -0.15) is 0 Å². The summed E-state index contributed by atoms with van der Waals surface area (Å²) in [6, 6.07) is 3.21. The number of hydrogen-bond acceptors (Lipinski definition) is 6. The van der Waals surface area contributed by atoms with E-state index in [4.69, 9.17) is 4.74 Å². The number of anilines is 1. The largest absolute Gasteiger partial charge is 0.465 e. The van der Waals surface area contributed by atoms with Crippen LogP contribution >= 0.6 is 11.3 Å². The van der Waals surface area contributed by atoms with Gasteiger partial charge in [0.15, 0.2) is 0 Å². The first-order chi connectivity index (χ1) is 13.6. The van der Waals surface area contributed by atoms with E-state index in [1.807, 2.05) is 32.9 Å². The zero-order chi connectivity index (χ0) is 21.5. The lowest BCUT2D eigenvalue weighted by molar-refractivity contribution is -0.118. The normalized spacial score (nSPS) is 12.1. The van der Waals surface area contributed by atoms with Gasteiger partial charge in [0.05, 0.1) is 18.8 Å². The molecule has 0 aliphatic rings. The van der Waals surface area contributed by atoms with Crippen LogP contribution in [0.5, 0.6) is 0 Å². The van der Waals surface area contributed by atoms with E-state index in [0.717, 1.165) is 33.7 Å². The Hall–Kier alpha value is -3.00. The summed E-state index contributed by atoms with van der Waals surface area (Å²) in [5, 5.41) is 3.26. The van der Waals surface area contributed by atoms with Crippen molar-refractivity contribution >= 4 is 39.1 Å². The van der Waals surface area contributed by atoms with Crippen LogP contribution in [0, 0.1) is 27.7 Å². The van der Waals surface area contributed by atoms with Gasteiger partial charge in [-0.1, -0.05) is 17.7 Å². The number of hydrogen-bond donors (Lipinski definition) is 1. The Morgan fingerprint density at radius 1 is 1.17 bits per heavy atom. The average Bonchev–Trinajstić information content (AvgIpc) is 3.01. The highest BCUT2D eigenvalue weighted by atomic mass is 32.1. The van der Waals surface area contributed by atoms with Crippen molar-refractivity contribution in [2.45, 2.75) is 40.7 Å². The number of nitrogens with zero attached hydrogens (tertiary/aromatic N) is 2. The molecule has 1 N–H and O–H groups in total. The van der Waals surface area contributed by atoms with Crippen LogP contribution in [-0.4, -0.2) is 28.5 Å². The molecule has 1 aromatic carbocycles. The van der Waals surface area contributed by atoms with Gasteiger partial charge in [0, 0.05) is 5.69 Å². The Kier molecular flexibility index (Phi) is 5.57. The molecule has 0 bridgehead atoms. The molecule has 8 heteroatoms. The maximum Gasteiger partial charge on any atom is 0.348 e. The number of aryl methyl sites for hydroxylation is 4. The molecular weight excluding hydrogens is 390 g/mol. The number of amides is 1. The van der Waals surface area contributed by atoms with Gasteiger partial charge < -0.3 is 10.1 Å². The van der Waals surface area contributed by atoms with Crippen LogP contribution in [0.4, 0.5) is 5.69 Å². The molecular formula is C21H23N3O4S. The smallest absolute Gasteiger partial charge is 0.348 e. The van der Waals surface area contributed by atoms with Crippen molar-refractivity contribution < 1.29 is 14.3 Å². The lowest BCUT2D eigenvalue weighted by Gasteiger charge is -2.18. The predicted octanol–water partition coefficient (Wildman–Crippen LogP) is 3.68. The zero-order valence-electron chi connectivity index (χ0n) is 17.2. The third-order valence-electron chi connectivity index (χ3n) is 4.97.